The predicted molar refractivity (Wildman–Crippen MR) is 78.4 cm³/mol. The van der Waals surface area contributed by atoms with Gasteiger partial charge in [-0.25, -0.2) is 4.79 Å². The second-order valence-electron chi connectivity index (χ2n) is 5.66. The summed E-state index contributed by atoms with van der Waals surface area (Å²) in [7, 11) is 0. The maximum atomic E-state index is 11.9. The third-order valence-electron chi connectivity index (χ3n) is 2.58. The molecule has 0 aliphatic heterocycles. The number of para-hydroxylation sites is 1. The Balaban J connectivity index is 2.32. The number of aryl methyl sites for hydroxylation is 1. The number of anilines is 1. The van der Waals surface area contributed by atoms with Crippen LogP contribution >= 0.6 is 0 Å². The lowest BCUT2D eigenvalue weighted by atomic mass is 10.1. The van der Waals surface area contributed by atoms with Crippen molar-refractivity contribution in [3.63, 3.8) is 0 Å². The van der Waals surface area contributed by atoms with Crippen molar-refractivity contribution < 1.29 is 4.79 Å². The molecule has 1 heterocycles. The summed E-state index contributed by atoms with van der Waals surface area (Å²) in [6.07, 6.45) is 0. The summed E-state index contributed by atoms with van der Waals surface area (Å²) < 4.78 is 0. The van der Waals surface area contributed by atoms with Crippen LogP contribution in [0.4, 0.5) is 10.5 Å². The van der Waals surface area contributed by atoms with Crippen molar-refractivity contribution in [2.45, 2.75) is 33.2 Å². The van der Waals surface area contributed by atoms with Gasteiger partial charge in [0.2, 0.25) is 0 Å². The van der Waals surface area contributed by atoms with Crippen molar-refractivity contribution in [3.8, 4) is 0 Å². The number of carbonyl (C=O) groups is 1. The van der Waals surface area contributed by atoms with E-state index in [-0.39, 0.29) is 11.6 Å². The molecule has 0 saturated heterocycles. The molecule has 0 saturated carbocycles. The van der Waals surface area contributed by atoms with Crippen LogP contribution in [0.1, 0.15) is 26.5 Å². The Hall–Kier alpha value is -2.10. The van der Waals surface area contributed by atoms with Crippen LogP contribution in [-0.2, 0) is 0 Å². The maximum Gasteiger partial charge on any atom is 0.319 e. The Morgan fingerprint density at radius 2 is 1.89 bits per heavy atom. The largest absolute Gasteiger partial charge is 0.333 e. The van der Waals surface area contributed by atoms with Gasteiger partial charge in [-0.1, -0.05) is 18.2 Å². The monoisotopic (exact) mass is 257 g/mol. The molecule has 0 aliphatic carbocycles. The predicted octanol–water partition coefficient (Wildman–Crippen LogP) is 3.46. The number of nitrogens with zero attached hydrogens (tertiary/aromatic N) is 1. The summed E-state index contributed by atoms with van der Waals surface area (Å²) >= 11 is 0. The van der Waals surface area contributed by atoms with Gasteiger partial charge in [0.15, 0.2) is 0 Å². The maximum absolute atomic E-state index is 11.9. The molecule has 2 aromatic rings. The van der Waals surface area contributed by atoms with Gasteiger partial charge < -0.3 is 10.6 Å². The normalized spacial score (nSPS) is 11.4. The minimum atomic E-state index is -0.262. The lowest BCUT2D eigenvalue weighted by Gasteiger charge is -2.21. The van der Waals surface area contributed by atoms with E-state index in [2.05, 4.69) is 15.6 Å². The zero-order chi connectivity index (χ0) is 14.0. The Bertz CT molecular complexity index is 614. The third kappa shape index (κ3) is 3.44. The Labute approximate surface area is 113 Å². The van der Waals surface area contributed by atoms with E-state index in [0.29, 0.717) is 0 Å². The van der Waals surface area contributed by atoms with Crippen LogP contribution in [0.2, 0.25) is 0 Å². The van der Waals surface area contributed by atoms with Gasteiger partial charge in [-0.05, 0) is 39.8 Å². The van der Waals surface area contributed by atoms with Crippen LogP contribution in [-0.4, -0.2) is 16.6 Å². The van der Waals surface area contributed by atoms with Crippen molar-refractivity contribution >= 4 is 22.6 Å². The van der Waals surface area contributed by atoms with Crippen LogP contribution in [0.5, 0.6) is 0 Å². The number of hydrogen-bond acceptors (Lipinski definition) is 2. The smallest absolute Gasteiger partial charge is 0.319 e. The van der Waals surface area contributed by atoms with Gasteiger partial charge in [0, 0.05) is 16.6 Å². The van der Waals surface area contributed by atoms with Crippen LogP contribution in [0, 0.1) is 6.92 Å². The first-order valence-corrected chi connectivity index (χ1v) is 6.31. The zero-order valence-electron chi connectivity index (χ0n) is 11.7. The number of aromatic nitrogens is 1. The van der Waals surface area contributed by atoms with E-state index in [1.807, 2.05) is 58.0 Å². The number of pyridine rings is 1. The topological polar surface area (TPSA) is 54.0 Å². The summed E-state index contributed by atoms with van der Waals surface area (Å²) in [5, 5.41) is 6.72. The van der Waals surface area contributed by atoms with Gasteiger partial charge in [0.25, 0.3) is 0 Å². The van der Waals surface area contributed by atoms with Gasteiger partial charge >= 0.3 is 6.03 Å². The van der Waals surface area contributed by atoms with Crippen LogP contribution < -0.4 is 10.6 Å². The first kappa shape index (κ1) is 13.3. The average molecular weight is 257 g/mol. The molecular weight excluding hydrogens is 238 g/mol. The summed E-state index contributed by atoms with van der Waals surface area (Å²) in [6, 6.07) is 9.44. The SMILES string of the molecule is Cc1cc(NC(=O)NC(C)(C)C)c2ccccc2n1. The van der Waals surface area contributed by atoms with E-state index < -0.39 is 0 Å². The Kier molecular flexibility index (Phi) is 3.42. The van der Waals surface area contributed by atoms with E-state index in [4.69, 9.17) is 0 Å². The first-order chi connectivity index (χ1) is 8.85. The second-order valence-corrected chi connectivity index (χ2v) is 5.66. The van der Waals surface area contributed by atoms with Gasteiger partial charge in [0.1, 0.15) is 0 Å². The summed E-state index contributed by atoms with van der Waals surface area (Å²) in [6.45, 7) is 7.76. The number of fused-ring (bicyclic) bond motifs is 1. The highest BCUT2D eigenvalue weighted by Crippen LogP contribution is 2.22. The van der Waals surface area contributed by atoms with Crippen molar-refractivity contribution in [3.05, 3.63) is 36.0 Å². The molecule has 19 heavy (non-hydrogen) atoms. The zero-order valence-corrected chi connectivity index (χ0v) is 11.7. The minimum absolute atomic E-state index is 0.205. The lowest BCUT2D eigenvalue weighted by Crippen LogP contribution is -2.43. The average Bonchev–Trinajstić information content (AvgIpc) is 2.25. The Morgan fingerprint density at radius 1 is 1.21 bits per heavy atom. The highest BCUT2D eigenvalue weighted by atomic mass is 16.2. The quantitative estimate of drug-likeness (QED) is 0.822. The van der Waals surface area contributed by atoms with Crippen LogP contribution in [0.25, 0.3) is 10.9 Å². The number of amides is 2. The van der Waals surface area contributed by atoms with Gasteiger partial charge in [-0.15, -0.1) is 0 Å². The molecule has 0 unspecified atom stereocenters. The molecule has 2 N–H and O–H groups in total. The van der Waals surface area contributed by atoms with E-state index in [0.717, 1.165) is 22.3 Å². The molecule has 0 bridgehead atoms. The second kappa shape index (κ2) is 4.88. The highest BCUT2D eigenvalue weighted by Gasteiger charge is 2.14. The van der Waals surface area contributed by atoms with Crippen LogP contribution in [0.3, 0.4) is 0 Å². The molecule has 0 spiro atoms. The number of urea groups is 1. The first-order valence-electron chi connectivity index (χ1n) is 6.31. The molecule has 1 aromatic heterocycles. The summed E-state index contributed by atoms with van der Waals surface area (Å²) in [5.41, 5.74) is 2.28. The summed E-state index contributed by atoms with van der Waals surface area (Å²) in [5.74, 6) is 0. The minimum Gasteiger partial charge on any atom is -0.333 e. The molecule has 100 valence electrons. The molecule has 1 aromatic carbocycles. The molecule has 0 aliphatic rings. The molecule has 2 rings (SSSR count). The third-order valence-corrected chi connectivity index (χ3v) is 2.58. The molecule has 4 nitrogen and oxygen atoms in total. The van der Waals surface area contributed by atoms with E-state index in [1.54, 1.807) is 0 Å². The fourth-order valence-electron chi connectivity index (χ4n) is 1.91. The van der Waals surface area contributed by atoms with Crippen molar-refractivity contribution in [1.29, 1.82) is 0 Å². The van der Waals surface area contributed by atoms with Crippen molar-refractivity contribution in [1.82, 2.24) is 10.3 Å². The standard InChI is InChI=1S/C15H19N3O/c1-10-9-13(17-14(19)18-15(2,3)4)11-7-5-6-8-12(11)16-10/h5-9H,1-4H3,(H2,16,17,18,19). The van der Waals surface area contributed by atoms with E-state index in [9.17, 15) is 4.79 Å². The van der Waals surface area contributed by atoms with Gasteiger partial charge in [-0.3, -0.25) is 4.98 Å². The highest BCUT2D eigenvalue weighted by molar-refractivity contribution is 6.00. The lowest BCUT2D eigenvalue weighted by molar-refractivity contribution is 0.244. The van der Waals surface area contributed by atoms with E-state index >= 15 is 0 Å². The fourth-order valence-corrected chi connectivity index (χ4v) is 1.91. The molecule has 2 amide bonds. The van der Waals surface area contributed by atoms with Gasteiger partial charge in [0.05, 0.1) is 11.2 Å². The van der Waals surface area contributed by atoms with Gasteiger partial charge in [-0.2, -0.15) is 0 Å². The van der Waals surface area contributed by atoms with E-state index in [1.165, 1.54) is 0 Å². The summed E-state index contributed by atoms with van der Waals surface area (Å²) in [4.78, 5) is 16.4. The molecule has 0 atom stereocenters. The number of nitrogens with one attached hydrogen (secondary N) is 2. The fraction of sp³-hybridized carbons (Fsp3) is 0.333. The molecule has 4 heteroatoms. The molecular formula is C15H19N3O. The number of rotatable bonds is 1. The van der Waals surface area contributed by atoms with Crippen molar-refractivity contribution in [2.75, 3.05) is 5.32 Å². The number of hydrogen-bond donors (Lipinski definition) is 2. The van der Waals surface area contributed by atoms with Crippen molar-refractivity contribution in [2.24, 2.45) is 0 Å². The van der Waals surface area contributed by atoms with Crippen LogP contribution in [0.15, 0.2) is 30.3 Å². The number of benzene rings is 1. The molecule has 0 fully saturated rings. The number of carbonyl (C=O) groups excluding carboxylic acids is 1. The molecule has 0 radical (unpaired) electrons. The Morgan fingerprint density at radius 3 is 2.58 bits per heavy atom.